The van der Waals surface area contributed by atoms with Crippen LogP contribution < -0.4 is 19.9 Å². The summed E-state index contributed by atoms with van der Waals surface area (Å²) in [5.74, 6) is 1.19. The first kappa shape index (κ1) is 12.6. The highest BCUT2D eigenvalue weighted by Gasteiger charge is 2.20. The predicted octanol–water partition coefficient (Wildman–Crippen LogP) is 1.68. The van der Waals surface area contributed by atoms with E-state index in [1.807, 2.05) is 0 Å². The fourth-order valence-corrected chi connectivity index (χ4v) is 1.50. The first-order chi connectivity index (χ1) is 7.69. The van der Waals surface area contributed by atoms with Crippen LogP contribution >= 0.6 is 0 Å². The molecule has 5 heteroatoms. The second-order valence-electron chi connectivity index (χ2n) is 3.13. The molecule has 2 N–H and O–H groups in total. The molecule has 0 bridgehead atoms. The molecule has 0 amide bonds. The second-order valence-corrected chi connectivity index (χ2v) is 3.13. The van der Waals surface area contributed by atoms with Gasteiger partial charge in [-0.2, -0.15) is 0 Å². The van der Waals surface area contributed by atoms with Crippen LogP contribution in [0.2, 0.25) is 0 Å². The predicted molar refractivity (Wildman–Crippen MR) is 59.0 cm³/mol. The molecule has 1 rings (SSSR count). The Kier molecular flexibility index (Phi) is 4.37. The van der Waals surface area contributed by atoms with E-state index < -0.39 is 6.17 Å². The van der Waals surface area contributed by atoms with Crippen molar-refractivity contribution < 1.29 is 18.6 Å². The Morgan fingerprint density at radius 2 is 1.75 bits per heavy atom. The molecule has 0 spiro atoms. The van der Waals surface area contributed by atoms with Crippen molar-refractivity contribution in [2.24, 2.45) is 5.73 Å². The van der Waals surface area contributed by atoms with Crippen molar-refractivity contribution in [3.8, 4) is 17.2 Å². The van der Waals surface area contributed by atoms with Crippen molar-refractivity contribution in [1.29, 1.82) is 0 Å². The lowest BCUT2D eigenvalue weighted by molar-refractivity contribution is 0.302. The van der Waals surface area contributed by atoms with Crippen LogP contribution in [-0.4, -0.2) is 27.9 Å². The molecule has 0 aromatic heterocycles. The number of nitrogens with two attached hydrogens (primary N) is 1. The molecule has 0 saturated heterocycles. The Morgan fingerprint density at radius 3 is 2.19 bits per heavy atom. The first-order valence-corrected chi connectivity index (χ1v) is 4.82. The van der Waals surface area contributed by atoms with Crippen molar-refractivity contribution in [2.75, 3.05) is 27.9 Å². The van der Waals surface area contributed by atoms with Gasteiger partial charge < -0.3 is 19.9 Å². The second kappa shape index (κ2) is 5.55. The van der Waals surface area contributed by atoms with E-state index in [0.717, 1.165) is 0 Å². The number of hydrogen-bond donors (Lipinski definition) is 1. The van der Waals surface area contributed by atoms with Gasteiger partial charge in [0, 0.05) is 12.1 Å². The number of halogens is 1. The lowest BCUT2D eigenvalue weighted by Crippen LogP contribution is -2.09. The molecule has 0 heterocycles. The molecule has 1 aromatic rings. The van der Waals surface area contributed by atoms with Gasteiger partial charge in [0.15, 0.2) is 11.5 Å². The molecule has 1 aromatic carbocycles. The average molecular weight is 229 g/mol. The zero-order chi connectivity index (χ0) is 12.1. The first-order valence-electron chi connectivity index (χ1n) is 4.82. The highest BCUT2D eigenvalue weighted by molar-refractivity contribution is 5.56. The zero-order valence-corrected chi connectivity index (χ0v) is 9.62. The van der Waals surface area contributed by atoms with Gasteiger partial charge in [-0.15, -0.1) is 0 Å². The highest BCUT2D eigenvalue weighted by atomic mass is 19.1. The van der Waals surface area contributed by atoms with Gasteiger partial charge in [-0.05, 0) is 12.1 Å². The quantitative estimate of drug-likeness (QED) is 0.834. The van der Waals surface area contributed by atoms with Gasteiger partial charge in [0.05, 0.1) is 21.3 Å². The molecule has 16 heavy (non-hydrogen) atoms. The van der Waals surface area contributed by atoms with E-state index in [1.54, 1.807) is 12.1 Å². The van der Waals surface area contributed by atoms with Gasteiger partial charge in [-0.1, -0.05) is 0 Å². The number of rotatable bonds is 5. The molecular formula is C11H16FNO3. The Balaban J connectivity index is 3.31. The minimum atomic E-state index is -1.28. The summed E-state index contributed by atoms with van der Waals surface area (Å²) in [4.78, 5) is 0. The molecule has 90 valence electrons. The van der Waals surface area contributed by atoms with Crippen molar-refractivity contribution in [3.63, 3.8) is 0 Å². The van der Waals surface area contributed by atoms with Crippen molar-refractivity contribution >= 4 is 0 Å². The fourth-order valence-electron chi connectivity index (χ4n) is 1.50. The van der Waals surface area contributed by atoms with E-state index in [-0.39, 0.29) is 6.54 Å². The third-order valence-corrected chi connectivity index (χ3v) is 2.28. The van der Waals surface area contributed by atoms with Gasteiger partial charge in [0.2, 0.25) is 5.75 Å². The molecule has 0 fully saturated rings. The maximum absolute atomic E-state index is 13.6. The zero-order valence-electron chi connectivity index (χ0n) is 9.62. The Hall–Kier alpha value is -1.49. The van der Waals surface area contributed by atoms with E-state index in [9.17, 15) is 4.39 Å². The standard InChI is InChI=1S/C11H16FNO3/c1-14-9-5-4-7(8(12)6-13)10(15-2)11(9)16-3/h4-5,8H,6,13H2,1-3H3. The molecule has 0 radical (unpaired) electrons. The smallest absolute Gasteiger partial charge is 0.203 e. The summed E-state index contributed by atoms with van der Waals surface area (Å²) in [5, 5.41) is 0. The molecule has 0 saturated carbocycles. The van der Waals surface area contributed by atoms with Gasteiger partial charge in [-0.3, -0.25) is 0 Å². The molecule has 0 aliphatic carbocycles. The Labute approximate surface area is 94.1 Å². The SMILES string of the molecule is COc1ccc(C(F)CN)c(OC)c1OC. The Morgan fingerprint density at radius 1 is 1.12 bits per heavy atom. The minimum absolute atomic E-state index is 0.105. The normalized spacial score (nSPS) is 12.1. The number of methoxy groups -OCH3 is 3. The largest absolute Gasteiger partial charge is 0.493 e. The minimum Gasteiger partial charge on any atom is -0.493 e. The van der Waals surface area contributed by atoms with Gasteiger partial charge in [0.25, 0.3) is 0 Å². The van der Waals surface area contributed by atoms with Gasteiger partial charge >= 0.3 is 0 Å². The molecule has 0 aliphatic rings. The molecule has 0 aliphatic heterocycles. The summed E-state index contributed by atoms with van der Waals surface area (Å²) < 4.78 is 28.9. The van der Waals surface area contributed by atoms with Crippen LogP contribution in [0.5, 0.6) is 17.2 Å². The maximum atomic E-state index is 13.6. The van der Waals surface area contributed by atoms with Gasteiger partial charge in [-0.25, -0.2) is 4.39 Å². The molecular weight excluding hydrogens is 213 g/mol. The molecule has 1 unspecified atom stereocenters. The van der Waals surface area contributed by atoms with E-state index in [2.05, 4.69) is 0 Å². The summed E-state index contributed by atoms with van der Waals surface area (Å²) in [7, 11) is 4.43. The van der Waals surface area contributed by atoms with Crippen LogP contribution in [0, 0.1) is 0 Å². The van der Waals surface area contributed by atoms with Crippen LogP contribution in [0.15, 0.2) is 12.1 Å². The summed E-state index contributed by atoms with van der Waals surface area (Å²) in [6.07, 6.45) is -1.28. The van der Waals surface area contributed by atoms with Crippen molar-refractivity contribution in [2.45, 2.75) is 6.17 Å². The van der Waals surface area contributed by atoms with Crippen molar-refractivity contribution in [1.82, 2.24) is 0 Å². The molecule has 1 atom stereocenters. The highest BCUT2D eigenvalue weighted by Crippen LogP contribution is 2.42. The monoisotopic (exact) mass is 229 g/mol. The summed E-state index contributed by atoms with van der Waals surface area (Å²) in [6.45, 7) is -0.105. The van der Waals surface area contributed by atoms with E-state index >= 15 is 0 Å². The van der Waals surface area contributed by atoms with Crippen LogP contribution in [-0.2, 0) is 0 Å². The van der Waals surface area contributed by atoms with Crippen LogP contribution in [0.25, 0.3) is 0 Å². The maximum Gasteiger partial charge on any atom is 0.203 e. The van der Waals surface area contributed by atoms with Crippen LogP contribution in [0.1, 0.15) is 11.7 Å². The lowest BCUT2D eigenvalue weighted by atomic mass is 10.1. The lowest BCUT2D eigenvalue weighted by Gasteiger charge is -2.17. The number of ether oxygens (including phenoxy) is 3. The average Bonchev–Trinajstić information content (AvgIpc) is 2.35. The third kappa shape index (κ3) is 2.19. The van der Waals surface area contributed by atoms with E-state index in [1.165, 1.54) is 21.3 Å². The van der Waals surface area contributed by atoms with E-state index in [4.69, 9.17) is 19.9 Å². The van der Waals surface area contributed by atoms with E-state index in [0.29, 0.717) is 22.8 Å². The summed E-state index contributed by atoms with van der Waals surface area (Å²) in [6, 6.07) is 3.20. The topological polar surface area (TPSA) is 53.7 Å². The summed E-state index contributed by atoms with van der Waals surface area (Å²) >= 11 is 0. The third-order valence-electron chi connectivity index (χ3n) is 2.28. The van der Waals surface area contributed by atoms with Crippen molar-refractivity contribution in [3.05, 3.63) is 17.7 Å². The summed E-state index contributed by atoms with van der Waals surface area (Å²) in [5.41, 5.74) is 5.65. The number of hydrogen-bond acceptors (Lipinski definition) is 4. The Bertz CT molecular complexity index is 357. The van der Waals surface area contributed by atoms with Crippen LogP contribution in [0.4, 0.5) is 4.39 Å². The van der Waals surface area contributed by atoms with Gasteiger partial charge in [0.1, 0.15) is 6.17 Å². The number of alkyl halides is 1. The number of benzene rings is 1. The fraction of sp³-hybridized carbons (Fsp3) is 0.455. The van der Waals surface area contributed by atoms with Crippen LogP contribution in [0.3, 0.4) is 0 Å². The molecule has 4 nitrogen and oxygen atoms in total.